The highest BCUT2D eigenvalue weighted by atomic mass is 16.5. The number of rotatable bonds is 8. The molecule has 0 radical (unpaired) electrons. The van der Waals surface area contributed by atoms with Crippen LogP contribution in [0, 0.1) is 5.92 Å². The van der Waals surface area contributed by atoms with Gasteiger partial charge in [0.05, 0.1) is 34.5 Å². The Bertz CT molecular complexity index is 663. The summed E-state index contributed by atoms with van der Waals surface area (Å²) in [5.41, 5.74) is 1.13. The molecule has 2 aliphatic heterocycles. The molecule has 7 nitrogen and oxygen atoms in total. The fraction of sp³-hybridized carbons (Fsp3) is 0.682. The molecule has 0 aromatic heterocycles. The van der Waals surface area contributed by atoms with E-state index < -0.39 is 0 Å². The van der Waals surface area contributed by atoms with Crippen molar-refractivity contribution in [2.24, 2.45) is 5.92 Å². The van der Waals surface area contributed by atoms with Crippen LogP contribution in [0.15, 0.2) is 18.2 Å². The topological polar surface area (TPSA) is 60.5 Å². The van der Waals surface area contributed by atoms with Gasteiger partial charge in [-0.2, -0.15) is 0 Å². The van der Waals surface area contributed by atoms with Crippen LogP contribution in [0.3, 0.4) is 0 Å². The van der Waals surface area contributed by atoms with E-state index in [9.17, 15) is 4.79 Å². The summed E-state index contributed by atoms with van der Waals surface area (Å²) in [5, 5.41) is 0. The monoisotopic (exact) mass is 406 g/mol. The number of hydrogen-bond donors (Lipinski definition) is 0. The first-order valence-electron chi connectivity index (χ1n) is 10.5. The summed E-state index contributed by atoms with van der Waals surface area (Å²) in [6, 6.07) is 6.52. The van der Waals surface area contributed by atoms with Gasteiger partial charge in [0.2, 0.25) is 0 Å². The van der Waals surface area contributed by atoms with Crippen molar-refractivity contribution in [3.63, 3.8) is 0 Å². The Morgan fingerprint density at radius 2 is 1.93 bits per heavy atom. The van der Waals surface area contributed by atoms with E-state index in [2.05, 4.69) is 15.9 Å². The first kappa shape index (κ1) is 21.9. The van der Waals surface area contributed by atoms with E-state index in [1.54, 1.807) is 14.2 Å². The molecule has 0 bridgehead atoms. The Morgan fingerprint density at radius 3 is 2.62 bits per heavy atom. The third kappa shape index (κ3) is 5.62. The molecule has 0 unspecified atom stereocenters. The summed E-state index contributed by atoms with van der Waals surface area (Å²) in [7, 11) is 4.81. The van der Waals surface area contributed by atoms with Gasteiger partial charge < -0.3 is 18.9 Å². The molecule has 0 N–H and O–H groups in total. The summed E-state index contributed by atoms with van der Waals surface area (Å²) < 4.78 is 21.5. The molecular weight excluding hydrogens is 372 g/mol. The molecule has 3 rings (SSSR count). The van der Waals surface area contributed by atoms with Gasteiger partial charge in [-0.3, -0.25) is 14.6 Å². The molecule has 0 aliphatic carbocycles. The van der Waals surface area contributed by atoms with Gasteiger partial charge in [-0.25, -0.2) is 0 Å². The van der Waals surface area contributed by atoms with Crippen LogP contribution < -0.4 is 9.47 Å². The van der Waals surface area contributed by atoms with Crippen molar-refractivity contribution in [2.75, 3.05) is 60.7 Å². The van der Waals surface area contributed by atoms with Gasteiger partial charge in [0, 0.05) is 44.2 Å². The number of methoxy groups -OCH3 is 3. The maximum atomic E-state index is 11.8. The molecule has 0 saturated carbocycles. The molecular formula is C22H34N2O5. The summed E-state index contributed by atoms with van der Waals surface area (Å²) in [6.07, 6.45) is 2.41. The van der Waals surface area contributed by atoms with Gasteiger partial charge in [-0.05, 0) is 31.4 Å². The second-order valence-corrected chi connectivity index (χ2v) is 7.77. The first-order chi connectivity index (χ1) is 14.2. The molecule has 0 amide bonds. The Morgan fingerprint density at radius 1 is 1.14 bits per heavy atom. The minimum absolute atomic E-state index is 0.127. The predicted octanol–water partition coefficient (Wildman–Crippen LogP) is 2.18. The lowest BCUT2D eigenvalue weighted by molar-refractivity contribution is -0.141. The molecule has 2 heterocycles. The molecule has 7 heteroatoms. The third-order valence-electron chi connectivity index (χ3n) is 6.12. The van der Waals surface area contributed by atoms with E-state index in [0.717, 1.165) is 75.8 Å². The van der Waals surface area contributed by atoms with Gasteiger partial charge in [0.25, 0.3) is 0 Å². The van der Waals surface area contributed by atoms with Crippen molar-refractivity contribution in [2.45, 2.75) is 31.8 Å². The van der Waals surface area contributed by atoms with Gasteiger partial charge in [-0.15, -0.1) is 0 Å². The van der Waals surface area contributed by atoms with Crippen molar-refractivity contribution < 1.29 is 23.7 Å². The van der Waals surface area contributed by atoms with E-state index >= 15 is 0 Å². The van der Waals surface area contributed by atoms with E-state index in [1.165, 1.54) is 7.11 Å². The largest absolute Gasteiger partial charge is 0.493 e. The SMILES string of the molecule is COC(=O)CC[C@@H]1CN(Cc2cccc(OC)c2OC)CC[C@@H]1N1CCOCC1. The van der Waals surface area contributed by atoms with E-state index in [-0.39, 0.29) is 5.97 Å². The maximum Gasteiger partial charge on any atom is 0.305 e. The van der Waals surface area contributed by atoms with Crippen molar-refractivity contribution >= 4 is 5.97 Å². The van der Waals surface area contributed by atoms with Gasteiger partial charge in [0.15, 0.2) is 11.5 Å². The highest BCUT2D eigenvalue weighted by molar-refractivity contribution is 5.69. The number of benzene rings is 1. The molecule has 2 fully saturated rings. The third-order valence-corrected chi connectivity index (χ3v) is 6.12. The Hall–Kier alpha value is -1.83. The number of morpholine rings is 1. The first-order valence-corrected chi connectivity index (χ1v) is 10.5. The van der Waals surface area contributed by atoms with Crippen LogP contribution >= 0.6 is 0 Å². The molecule has 1 aromatic carbocycles. The van der Waals surface area contributed by atoms with Crippen molar-refractivity contribution in [1.82, 2.24) is 9.80 Å². The van der Waals surface area contributed by atoms with Crippen molar-refractivity contribution in [3.8, 4) is 11.5 Å². The van der Waals surface area contributed by atoms with Gasteiger partial charge in [-0.1, -0.05) is 12.1 Å². The van der Waals surface area contributed by atoms with Crippen molar-refractivity contribution in [3.05, 3.63) is 23.8 Å². The number of para-hydroxylation sites is 1. The minimum Gasteiger partial charge on any atom is -0.493 e. The number of carbonyl (C=O) groups is 1. The predicted molar refractivity (Wildman–Crippen MR) is 110 cm³/mol. The maximum absolute atomic E-state index is 11.8. The highest BCUT2D eigenvalue weighted by Crippen LogP contribution is 2.33. The zero-order valence-corrected chi connectivity index (χ0v) is 17.9. The van der Waals surface area contributed by atoms with Crippen molar-refractivity contribution in [1.29, 1.82) is 0 Å². The van der Waals surface area contributed by atoms with Crippen LogP contribution in [0.5, 0.6) is 11.5 Å². The van der Waals surface area contributed by atoms with Crippen LogP contribution in [-0.2, 0) is 20.8 Å². The summed E-state index contributed by atoms with van der Waals surface area (Å²) in [4.78, 5) is 16.8. The molecule has 2 aliphatic rings. The van der Waals surface area contributed by atoms with E-state index in [0.29, 0.717) is 18.4 Å². The lowest BCUT2D eigenvalue weighted by Crippen LogP contribution is -2.53. The fourth-order valence-corrected chi connectivity index (χ4v) is 4.64. The zero-order valence-electron chi connectivity index (χ0n) is 17.9. The standard InChI is InChI=1S/C22H34N2O5/c1-26-20-6-4-5-18(22(20)28-3)16-23-10-9-19(24-11-13-29-14-12-24)17(15-23)7-8-21(25)27-2/h4-6,17,19H,7-16H2,1-3H3/t17-,19+/m1/s1. The second-order valence-electron chi connectivity index (χ2n) is 7.77. The van der Waals surface area contributed by atoms with Crippen LogP contribution in [0.1, 0.15) is 24.8 Å². The number of nitrogens with zero attached hydrogens (tertiary/aromatic N) is 2. The lowest BCUT2D eigenvalue weighted by Gasteiger charge is -2.45. The lowest BCUT2D eigenvalue weighted by atomic mass is 9.86. The average Bonchev–Trinajstić information content (AvgIpc) is 2.77. The zero-order chi connectivity index (χ0) is 20.6. The molecule has 0 spiro atoms. The summed E-state index contributed by atoms with van der Waals surface area (Å²) in [5.74, 6) is 1.86. The van der Waals surface area contributed by atoms with Gasteiger partial charge >= 0.3 is 5.97 Å². The molecule has 162 valence electrons. The molecule has 1 aromatic rings. The molecule has 2 saturated heterocycles. The van der Waals surface area contributed by atoms with Crippen LogP contribution in [0.4, 0.5) is 0 Å². The van der Waals surface area contributed by atoms with Crippen LogP contribution in [0.2, 0.25) is 0 Å². The summed E-state index contributed by atoms with van der Waals surface area (Å²) in [6.45, 7) is 6.34. The smallest absolute Gasteiger partial charge is 0.305 e. The minimum atomic E-state index is -0.127. The van der Waals surface area contributed by atoms with Crippen LogP contribution in [0.25, 0.3) is 0 Å². The summed E-state index contributed by atoms with van der Waals surface area (Å²) >= 11 is 0. The highest BCUT2D eigenvalue weighted by Gasteiger charge is 2.34. The average molecular weight is 407 g/mol. The van der Waals surface area contributed by atoms with Gasteiger partial charge in [0.1, 0.15) is 0 Å². The van der Waals surface area contributed by atoms with E-state index in [4.69, 9.17) is 18.9 Å². The van der Waals surface area contributed by atoms with Crippen LogP contribution in [-0.4, -0.2) is 82.5 Å². The Kier molecular flexibility index (Phi) is 8.15. The normalized spacial score (nSPS) is 23.6. The number of hydrogen-bond acceptors (Lipinski definition) is 7. The Balaban J connectivity index is 1.69. The number of piperidine rings is 1. The second kappa shape index (κ2) is 10.8. The number of likely N-dealkylation sites (tertiary alicyclic amines) is 1. The number of ether oxygens (including phenoxy) is 4. The molecule has 29 heavy (non-hydrogen) atoms. The molecule has 2 atom stereocenters. The fourth-order valence-electron chi connectivity index (χ4n) is 4.64. The number of esters is 1. The quantitative estimate of drug-likeness (QED) is 0.613. The number of carbonyl (C=O) groups excluding carboxylic acids is 1. The Labute approximate surface area is 173 Å². The van der Waals surface area contributed by atoms with E-state index in [1.807, 2.05) is 12.1 Å².